The standard InChI is InChI=1S/C19H23FN6/c1-11-2-7-14(8-15(11)20)23-16-9-18(22)25-26-10-17(24-19(16)26)12-3-5-13(21)6-4-12/h2,7-10,12-13,23H,3-6,21H2,1H3,(H2,22,25). The van der Waals surface area contributed by atoms with Gasteiger partial charge in [0.25, 0.3) is 0 Å². The number of nitrogens with two attached hydrogens (primary N) is 2. The van der Waals surface area contributed by atoms with Crippen molar-refractivity contribution in [3.8, 4) is 0 Å². The average molecular weight is 354 g/mol. The molecule has 0 saturated heterocycles. The van der Waals surface area contributed by atoms with Crippen LogP contribution in [0.3, 0.4) is 0 Å². The fourth-order valence-corrected chi connectivity index (χ4v) is 3.54. The molecular formula is C19H23FN6. The van der Waals surface area contributed by atoms with E-state index in [4.69, 9.17) is 16.5 Å². The van der Waals surface area contributed by atoms with Crippen molar-refractivity contribution in [1.82, 2.24) is 14.6 Å². The number of rotatable bonds is 3. The summed E-state index contributed by atoms with van der Waals surface area (Å²) >= 11 is 0. The van der Waals surface area contributed by atoms with Crippen LogP contribution >= 0.6 is 0 Å². The monoisotopic (exact) mass is 354 g/mol. The lowest BCUT2D eigenvalue weighted by Crippen LogP contribution is -2.25. The maximum atomic E-state index is 13.8. The molecule has 5 N–H and O–H groups in total. The highest BCUT2D eigenvalue weighted by atomic mass is 19.1. The molecule has 0 aliphatic heterocycles. The number of imidazole rings is 1. The summed E-state index contributed by atoms with van der Waals surface area (Å²) < 4.78 is 15.5. The van der Waals surface area contributed by atoms with Gasteiger partial charge >= 0.3 is 0 Å². The van der Waals surface area contributed by atoms with E-state index in [1.54, 1.807) is 23.6 Å². The first-order chi connectivity index (χ1) is 12.5. The van der Waals surface area contributed by atoms with E-state index in [1.165, 1.54) is 6.07 Å². The van der Waals surface area contributed by atoms with Crippen molar-refractivity contribution in [3.63, 3.8) is 0 Å². The van der Waals surface area contributed by atoms with Crippen molar-refractivity contribution in [2.45, 2.75) is 44.6 Å². The van der Waals surface area contributed by atoms with Crippen LogP contribution in [-0.2, 0) is 0 Å². The first-order valence-electron chi connectivity index (χ1n) is 8.94. The Labute approximate surface area is 151 Å². The maximum absolute atomic E-state index is 13.8. The fourth-order valence-electron chi connectivity index (χ4n) is 3.54. The van der Waals surface area contributed by atoms with Gasteiger partial charge in [0, 0.05) is 23.7 Å². The Morgan fingerprint density at radius 1 is 1.19 bits per heavy atom. The number of hydrogen-bond acceptors (Lipinski definition) is 5. The molecule has 2 heterocycles. The van der Waals surface area contributed by atoms with E-state index >= 15 is 0 Å². The number of aryl methyl sites for hydroxylation is 1. The highest BCUT2D eigenvalue weighted by Crippen LogP contribution is 2.33. The van der Waals surface area contributed by atoms with Crippen molar-refractivity contribution in [1.29, 1.82) is 0 Å². The zero-order valence-corrected chi connectivity index (χ0v) is 14.7. The van der Waals surface area contributed by atoms with Gasteiger partial charge < -0.3 is 16.8 Å². The van der Waals surface area contributed by atoms with Gasteiger partial charge in [-0.15, -0.1) is 5.10 Å². The van der Waals surface area contributed by atoms with Gasteiger partial charge in [-0.1, -0.05) is 6.07 Å². The topological polar surface area (TPSA) is 94.3 Å². The molecule has 1 aliphatic carbocycles. The van der Waals surface area contributed by atoms with Crippen LogP contribution in [0.2, 0.25) is 0 Å². The number of aromatic nitrogens is 3. The van der Waals surface area contributed by atoms with Crippen LogP contribution < -0.4 is 16.8 Å². The molecule has 1 saturated carbocycles. The summed E-state index contributed by atoms with van der Waals surface area (Å²) in [7, 11) is 0. The molecule has 1 aromatic carbocycles. The van der Waals surface area contributed by atoms with Crippen LogP contribution in [0.25, 0.3) is 5.65 Å². The minimum atomic E-state index is -0.254. The first kappa shape index (κ1) is 16.8. The van der Waals surface area contributed by atoms with Gasteiger partial charge in [-0.2, -0.15) is 0 Å². The summed E-state index contributed by atoms with van der Waals surface area (Å²) in [5, 5.41) is 7.55. The summed E-state index contributed by atoms with van der Waals surface area (Å²) in [5.74, 6) is 0.514. The Morgan fingerprint density at radius 3 is 2.69 bits per heavy atom. The Kier molecular flexibility index (Phi) is 4.24. The second-order valence-corrected chi connectivity index (χ2v) is 7.12. The van der Waals surface area contributed by atoms with E-state index in [2.05, 4.69) is 10.4 Å². The Balaban J connectivity index is 1.68. The van der Waals surface area contributed by atoms with Crippen molar-refractivity contribution < 1.29 is 4.39 Å². The van der Waals surface area contributed by atoms with E-state index in [1.807, 2.05) is 12.3 Å². The Morgan fingerprint density at radius 2 is 1.96 bits per heavy atom. The van der Waals surface area contributed by atoms with Crippen molar-refractivity contribution in [3.05, 3.63) is 47.5 Å². The molecule has 7 heteroatoms. The largest absolute Gasteiger partial charge is 0.382 e. The molecular weight excluding hydrogens is 331 g/mol. The van der Waals surface area contributed by atoms with E-state index in [0.29, 0.717) is 40.4 Å². The Bertz CT molecular complexity index is 943. The van der Waals surface area contributed by atoms with Crippen molar-refractivity contribution >= 4 is 22.8 Å². The third-order valence-electron chi connectivity index (χ3n) is 5.10. The lowest BCUT2D eigenvalue weighted by molar-refractivity contribution is 0.391. The summed E-state index contributed by atoms with van der Waals surface area (Å²) in [6, 6.07) is 7.06. The molecule has 4 rings (SSSR count). The van der Waals surface area contributed by atoms with E-state index in [-0.39, 0.29) is 5.82 Å². The summed E-state index contributed by atoms with van der Waals surface area (Å²) in [6.45, 7) is 1.73. The Hall–Kier alpha value is -2.67. The summed E-state index contributed by atoms with van der Waals surface area (Å²) in [4.78, 5) is 4.79. The number of nitrogens with zero attached hydrogens (tertiary/aromatic N) is 3. The lowest BCUT2D eigenvalue weighted by atomic mass is 9.85. The van der Waals surface area contributed by atoms with Gasteiger partial charge in [0.05, 0.1) is 17.6 Å². The van der Waals surface area contributed by atoms with Crippen molar-refractivity contribution in [2.75, 3.05) is 11.1 Å². The van der Waals surface area contributed by atoms with Crippen LogP contribution in [0.5, 0.6) is 0 Å². The SMILES string of the molecule is Cc1ccc(Nc2cc(N)nn3cc(C4CCC(N)CC4)nc23)cc1F. The van der Waals surface area contributed by atoms with Gasteiger partial charge in [0.1, 0.15) is 11.6 Å². The van der Waals surface area contributed by atoms with E-state index < -0.39 is 0 Å². The minimum absolute atomic E-state index is 0.254. The molecule has 0 atom stereocenters. The normalized spacial score (nSPS) is 20.4. The third kappa shape index (κ3) is 3.22. The van der Waals surface area contributed by atoms with Crippen LogP contribution in [-0.4, -0.2) is 20.6 Å². The average Bonchev–Trinajstić information content (AvgIpc) is 3.03. The fraction of sp³-hybridized carbons (Fsp3) is 0.368. The second-order valence-electron chi connectivity index (χ2n) is 7.12. The lowest BCUT2D eigenvalue weighted by Gasteiger charge is -2.24. The molecule has 2 aromatic heterocycles. The summed E-state index contributed by atoms with van der Waals surface area (Å²) in [5.41, 5.74) is 15.6. The smallest absolute Gasteiger partial charge is 0.177 e. The van der Waals surface area contributed by atoms with Gasteiger partial charge in [-0.3, -0.25) is 0 Å². The van der Waals surface area contributed by atoms with Crippen molar-refractivity contribution in [2.24, 2.45) is 5.73 Å². The number of halogens is 1. The molecule has 0 bridgehead atoms. The number of anilines is 3. The number of fused-ring (bicyclic) bond motifs is 1. The molecule has 26 heavy (non-hydrogen) atoms. The first-order valence-corrected chi connectivity index (χ1v) is 8.94. The molecule has 0 amide bonds. The van der Waals surface area contributed by atoms with E-state index in [0.717, 1.165) is 31.4 Å². The molecule has 3 aromatic rings. The number of benzene rings is 1. The minimum Gasteiger partial charge on any atom is -0.382 e. The zero-order valence-electron chi connectivity index (χ0n) is 14.7. The van der Waals surface area contributed by atoms with Gasteiger partial charge in [0.2, 0.25) is 0 Å². The molecule has 0 radical (unpaired) electrons. The van der Waals surface area contributed by atoms with Gasteiger partial charge in [-0.25, -0.2) is 13.9 Å². The van der Waals surface area contributed by atoms with Crippen LogP contribution in [0.1, 0.15) is 42.9 Å². The molecule has 0 spiro atoms. The van der Waals surface area contributed by atoms with Gasteiger partial charge in [0.15, 0.2) is 5.65 Å². The van der Waals surface area contributed by atoms with Gasteiger partial charge in [-0.05, 0) is 50.3 Å². The molecule has 0 unspecified atom stereocenters. The quantitative estimate of drug-likeness (QED) is 0.669. The van der Waals surface area contributed by atoms with E-state index in [9.17, 15) is 4.39 Å². The number of nitrogens with one attached hydrogen (secondary N) is 1. The third-order valence-corrected chi connectivity index (χ3v) is 5.10. The highest BCUT2D eigenvalue weighted by molar-refractivity contribution is 5.75. The maximum Gasteiger partial charge on any atom is 0.177 e. The second kappa shape index (κ2) is 6.57. The van der Waals surface area contributed by atoms with Crippen LogP contribution in [0.15, 0.2) is 30.5 Å². The van der Waals surface area contributed by atoms with Crippen LogP contribution in [0.4, 0.5) is 21.6 Å². The summed E-state index contributed by atoms with van der Waals surface area (Å²) in [6.07, 6.45) is 6.04. The number of hydrogen-bond donors (Lipinski definition) is 3. The molecule has 1 aliphatic rings. The predicted octanol–water partition coefficient (Wildman–Crippen LogP) is 3.49. The predicted molar refractivity (Wildman–Crippen MR) is 101 cm³/mol. The molecule has 1 fully saturated rings. The molecule has 6 nitrogen and oxygen atoms in total. The highest BCUT2D eigenvalue weighted by Gasteiger charge is 2.23. The number of nitrogen functional groups attached to an aromatic ring is 1. The zero-order chi connectivity index (χ0) is 18.3. The van der Waals surface area contributed by atoms with Crippen LogP contribution in [0, 0.1) is 12.7 Å². The molecule has 136 valence electrons.